The number of rotatable bonds is 3. The van der Waals surface area contributed by atoms with Gasteiger partial charge in [0.15, 0.2) is 0 Å². The lowest BCUT2D eigenvalue weighted by molar-refractivity contribution is -0.127. The van der Waals surface area contributed by atoms with E-state index in [1.807, 2.05) is 6.92 Å². The van der Waals surface area contributed by atoms with Crippen molar-refractivity contribution >= 4 is 5.91 Å². The molecular formula is C11H22N2O. The Morgan fingerprint density at radius 1 is 1.50 bits per heavy atom. The summed E-state index contributed by atoms with van der Waals surface area (Å²) in [4.78, 5) is 11.8. The summed E-state index contributed by atoms with van der Waals surface area (Å²) in [5.41, 5.74) is 5.16. The maximum atomic E-state index is 11.8. The monoisotopic (exact) mass is 198 g/mol. The van der Waals surface area contributed by atoms with Gasteiger partial charge in [0.1, 0.15) is 0 Å². The molecule has 1 saturated carbocycles. The lowest BCUT2D eigenvalue weighted by Crippen LogP contribution is -2.57. The zero-order valence-corrected chi connectivity index (χ0v) is 9.52. The van der Waals surface area contributed by atoms with E-state index in [1.54, 1.807) is 6.92 Å². The van der Waals surface area contributed by atoms with Gasteiger partial charge in [0, 0.05) is 5.54 Å². The molecule has 0 heterocycles. The molecule has 0 aliphatic heterocycles. The van der Waals surface area contributed by atoms with Crippen molar-refractivity contribution in [3.8, 4) is 0 Å². The second kappa shape index (κ2) is 3.89. The fraction of sp³-hybridized carbons (Fsp3) is 0.909. The quantitative estimate of drug-likeness (QED) is 0.723. The standard InChI is InChI=1S/C11H22N2O/c1-4-11(3,12)9(14)13-10(2)7-5-6-8-10/h4-8,12H2,1-3H3,(H,13,14). The van der Waals surface area contributed by atoms with Crippen LogP contribution < -0.4 is 11.1 Å². The number of nitrogens with two attached hydrogens (primary N) is 1. The molecule has 3 nitrogen and oxygen atoms in total. The van der Waals surface area contributed by atoms with Crippen molar-refractivity contribution in [2.24, 2.45) is 5.73 Å². The fourth-order valence-corrected chi connectivity index (χ4v) is 1.86. The molecule has 1 fully saturated rings. The molecule has 0 bridgehead atoms. The van der Waals surface area contributed by atoms with Crippen LogP contribution in [-0.2, 0) is 4.79 Å². The Morgan fingerprint density at radius 3 is 2.43 bits per heavy atom. The summed E-state index contributed by atoms with van der Waals surface area (Å²) in [5, 5.41) is 3.08. The highest BCUT2D eigenvalue weighted by atomic mass is 16.2. The summed E-state index contributed by atoms with van der Waals surface area (Å²) in [6.45, 7) is 5.85. The molecule has 0 saturated heterocycles. The minimum Gasteiger partial charge on any atom is -0.349 e. The zero-order valence-electron chi connectivity index (χ0n) is 9.52. The minimum atomic E-state index is -0.717. The van der Waals surface area contributed by atoms with Gasteiger partial charge in [-0.2, -0.15) is 0 Å². The molecule has 3 N–H and O–H groups in total. The Morgan fingerprint density at radius 2 is 2.00 bits per heavy atom. The van der Waals surface area contributed by atoms with Crippen LogP contribution in [0.15, 0.2) is 0 Å². The molecule has 1 unspecified atom stereocenters. The number of amides is 1. The minimum absolute atomic E-state index is 0.00706. The van der Waals surface area contributed by atoms with Crippen molar-refractivity contribution < 1.29 is 4.79 Å². The number of hydrogen-bond acceptors (Lipinski definition) is 2. The second-order valence-corrected chi connectivity index (χ2v) is 4.99. The van der Waals surface area contributed by atoms with Crippen LogP contribution in [0, 0.1) is 0 Å². The molecule has 1 aliphatic rings. The van der Waals surface area contributed by atoms with Crippen molar-refractivity contribution in [3.05, 3.63) is 0 Å². The molecule has 0 radical (unpaired) electrons. The first-order valence-corrected chi connectivity index (χ1v) is 5.51. The Balaban J connectivity index is 2.55. The number of nitrogens with one attached hydrogen (secondary N) is 1. The van der Waals surface area contributed by atoms with Gasteiger partial charge in [-0.15, -0.1) is 0 Å². The molecule has 1 amide bonds. The maximum Gasteiger partial charge on any atom is 0.240 e. The van der Waals surface area contributed by atoms with Crippen LogP contribution in [-0.4, -0.2) is 17.0 Å². The van der Waals surface area contributed by atoms with Crippen LogP contribution in [0.2, 0.25) is 0 Å². The van der Waals surface area contributed by atoms with Gasteiger partial charge in [0.05, 0.1) is 5.54 Å². The first kappa shape index (κ1) is 11.5. The average Bonchev–Trinajstić information content (AvgIpc) is 2.52. The van der Waals surface area contributed by atoms with Crippen molar-refractivity contribution in [3.63, 3.8) is 0 Å². The van der Waals surface area contributed by atoms with Crippen molar-refractivity contribution in [1.29, 1.82) is 0 Å². The average molecular weight is 198 g/mol. The van der Waals surface area contributed by atoms with Gasteiger partial charge in [0.2, 0.25) is 5.91 Å². The molecular weight excluding hydrogens is 176 g/mol. The zero-order chi connectivity index (χ0) is 10.8. The van der Waals surface area contributed by atoms with Crippen LogP contribution in [0.3, 0.4) is 0 Å². The van der Waals surface area contributed by atoms with Crippen molar-refractivity contribution in [1.82, 2.24) is 5.32 Å². The summed E-state index contributed by atoms with van der Waals surface area (Å²) in [6, 6.07) is 0. The molecule has 1 aliphatic carbocycles. The number of hydrogen-bond donors (Lipinski definition) is 2. The summed E-state index contributed by atoms with van der Waals surface area (Å²) in [7, 11) is 0. The lowest BCUT2D eigenvalue weighted by Gasteiger charge is -2.31. The highest BCUT2D eigenvalue weighted by Gasteiger charge is 2.35. The lowest BCUT2D eigenvalue weighted by atomic mass is 9.95. The summed E-state index contributed by atoms with van der Waals surface area (Å²) in [6.07, 6.45) is 5.26. The van der Waals surface area contributed by atoms with Gasteiger partial charge >= 0.3 is 0 Å². The summed E-state index contributed by atoms with van der Waals surface area (Å²) in [5.74, 6) is -0.00981. The highest BCUT2D eigenvalue weighted by Crippen LogP contribution is 2.29. The van der Waals surface area contributed by atoms with E-state index in [-0.39, 0.29) is 11.4 Å². The molecule has 3 heteroatoms. The van der Waals surface area contributed by atoms with Crippen molar-refractivity contribution in [2.75, 3.05) is 0 Å². The van der Waals surface area contributed by atoms with E-state index in [2.05, 4.69) is 12.2 Å². The van der Waals surface area contributed by atoms with E-state index in [0.717, 1.165) is 12.8 Å². The smallest absolute Gasteiger partial charge is 0.240 e. The molecule has 1 rings (SSSR count). The molecule has 1 atom stereocenters. The van der Waals surface area contributed by atoms with E-state index >= 15 is 0 Å². The summed E-state index contributed by atoms with van der Waals surface area (Å²) >= 11 is 0. The Bertz CT molecular complexity index is 217. The second-order valence-electron chi connectivity index (χ2n) is 4.99. The summed E-state index contributed by atoms with van der Waals surface area (Å²) < 4.78 is 0. The van der Waals surface area contributed by atoms with E-state index in [0.29, 0.717) is 6.42 Å². The van der Waals surface area contributed by atoms with Gasteiger partial charge < -0.3 is 11.1 Å². The molecule has 14 heavy (non-hydrogen) atoms. The Hall–Kier alpha value is -0.570. The van der Waals surface area contributed by atoms with Crippen LogP contribution in [0.25, 0.3) is 0 Å². The molecule has 0 aromatic rings. The first-order chi connectivity index (χ1) is 6.40. The van der Waals surface area contributed by atoms with Gasteiger partial charge in [-0.25, -0.2) is 0 Å². The SMILES string of the molecule is CCC(C)(N)C(=O)NC1(C)CCCC1. The predicted molar refractivity (Wildman–Crippen MR) is 57.9 cm³/mol. The van der Waals surface area contributed by atoms with E-state index in [9.17, 15) is 4.79 Å². The topological polar surface area (TPSA) is 55.1 Å². The fourth-order valence-electron chi connectivity index (χ4n) is 1.86. The third-order valence-corrected chi connectivity index (χ3v) is 3.38. The van der Waals surface area contributed by atoms with Crippen LogP contribution in [0.1, 0.15) is 52.9 Å². The highest BCUT2D eigenvalue weighted by molar-refractivity contribution is 5.86. The third-order valence-electron chi connectivity index (χ3n) is 3.38. The number of carbonyl (C=O) groups is 1. The first-order valence-electron chi connectivity index (χ1n) is 5.51. The van der Waals surface area contributed by atoms with Gasteiger partial charge in [-0.3, -0.25) is 4.79 Å². The Labute approximate surface area is 86.4 Å². The van der Waals surface area contributed by atoms with Gasteiger partial charge in [-0.1, -0.05) is 19.8 Å². The molecule has 0 aromatic heterocycles. The predicted octanol–water partition coefficient (Wildman–Crippen LogP) is 1.56. The molecule has 82 valence electrons. The largest absolute Gasteiger partial charge is 0.349 e. The van der Waals surface area contributed by atoms with Crippen molar-refractivity contribution in [2.45, 2.75) is 64.0 Å². The molecule has 0 spiro atoms. The van der Waals surface area contributed by atoms with Crippen LogP contribution in [0.4, 0.5) is 0 Å². The van der Waals surface area contributed by atoms with Crippen LogP contribution >= 0.6 is 0 Å². The normalized spacial score (nSPS) is 24.3. The maximum absolute atomic E-state index is 11.8. The van der Waals surface area contributed by atoms with E-state index in [1.165, 1.54) is 12.8 Å². The van der Waals surface area contributed by atoms with E-state index < -0.39 is 5.54 Å². The third kappa shape index (κ3) is 2.47. The van der Waals surface area contributed by atoms with Crippen LogP contribution in [0.5, 0.6) is 0 Å². The van der Waals surface area contributed by atoms with Gasteiger partial charge in [-0.05, 0) is 33.1 Å². The Kier molecular flexibility index (Phi) is 3.20. The molecule has 0 aromatic carbocycles. The van der Waals surface area contributed by atoms with Gasteiger partial charge in [0.25, 0.3) is 0 Å². The number of carbonyl (C=O) groups excluding carboxylic acids is 1. The van der Waals surface area contributed by atoms with E-state index in [4.69, 9.17) is 5.73 Å².